The number of nitriles is 1. The zero-order valence-electron chi connectivity index (χ0n) is 5.62. The van der Waals surface area contributed by atoms with Crippen LogP contribution >= 0.6 is 22.9 Å². The van der Waals surface area contributed by atoms with Crippen molar-refractivity contribution in [2.75, 3.05) is 5.88 Å². The van der Waals surface area contributed by atoms with Gasteiger partial charge in [-0.15, -0.1) is 22.9 Å². The van der Waals surface area contributed by atoms with Crippen LogP contribution in [0.2, 0.25) is 0 Å². The summed E-state index contributed by atoms with van der Waals surface area (Å²) in [5, 5.41) is 19.4. The second-order valence-corrected chi connectivity index (χ2v) is 3.27. The predicted molar refractivity (Wildman–Crippen MR) is 44.7 cm³/mol. The second-order valence-electron chi connectivity index (χ2n) is 2.02. The highest BCUT2D eigenvalue weighted by atomic mass is 35.5. The van der Waals surface area contributed by atoms with Gasteiger partial charge in [-0.2, -0.15) is 5.26 Å². The van der Waals surface area contributed by atoms with Gasteiger partial charge in [0, 0.05) is 10.3 Å². The molecule has 0 saturated heterocycles. The van der Waals surface area contributed by atoms with Crippen LogP contribution in [0.5, 0.6) is 0 Å². The molecule has 4 heteroatoms. The molecule has 1 heterocycles. The topological polar surface area (TPSA) is 44.0 Å². The van der Waals surface area contributed by atoms with Gasteiger partial charge in [-0.3, -0.25) is 0 Å². The van der Waals surface area contributed by atoms with Gasteiger partial charge in [-0.25, -0.2) is 0 Å². The van der Waals surface area contributed by atoms with Gasteiger partial charge in [-0.05, 0) is 6.07 Å². The minimum absolute atomic E-state index is 0.172. The lowest BCUT2D eigenvalue weighted by molar-refractivity contribution is 0.206. The molecule has 58 valence electrons. The van der Waals surface area contributed by atoms with E-state index in [1.165, 1.54) is 11.3 Å². The van der Waals surface area contributed by atoms with Crippen molar-refractivity contribution in [2.45, 2.75) is 6.10 Å². The molecule has 0 aromatic carbocycles. The summed E-state index contributed by atoms with van der Waals surface area (Å²) in [7, 11) is 0. The van der Waals surface area contributed by atoms with Crippen LogP contribution in [0.15, 0.2) is 11.4 Å². The lowest BCUT2D eigenvalue weighted by Gasteiger charge is -2.00. The molecule has 0 aliphatic carbocycles. The van der Waals surface area contributed by atoms with Crippen LogP contribution in [0.25, 0.3) is 0 Å². The number of aliphatic hydroxyl groups is 1. The molecule has 0 bridgehead atoms. The van der Waals surface area contributed by atoms with Crippen LogP contribution in [0.3, 0.4) is 0 Å². The Morgan fingerprint density at radius 2 is 2.55 bits per heavy atom. The van der Waals surface area contributed by atoms with Gasteiger partial charge in [0.05, 0.1) is 11.4 Å². The van der Waals surface area contributed by atoms with Crippen molar-refractivity contribution < 1.29 is 5.11 Å². The molecule has 1 atom stereocenters. The van der Waals surface area contributed by atoms with Crippen LogP contribution in [-0.2, 0) is 0 Å². The van der Waals surface area contributed by atoms with E-state index in [-0.39, 0.29) is 5.88 Å². The minimum Gasteiger partial charge on any atom is -0.386 e. The molecule has 1 unspecified atom stereocenters. The summed E-state index contributed by atoms with van der Waals surface area (Å²) < 4.78 is 0. The Hall–Kier alpha value is -0.560. The molecule has 1 N–H and O–H groups in total. The monoisotopic (exact) mass is 187 g/mol. The van der Waals surface area contributed by atoms with Gasteiger partial charge in [0.15, 0.2) is 0 Å². The number of aliphatic hydroxyl groups excluding tert-OH is 1. The third kappa shape index (κ3) is 1.93. The Morgan fingerprint density at radius 1 is 1.82 bits per heavy atom. The van der Waals surface area contributed by atoms with E-state index in [0.717, 1.165) is 4.88 Å². The van der Waals surface area contributed by atoms with Crippen molar-refractivity contribution in [3.8, 4) is 6.07 Å². The normalized spacial score (nSPS) is 12.5. The van der Waals surface area contributed by atoms with E-state index in [1.54, 1.807) is 11.4 Å². The molecule has 11 heavy (non-hydrogen) atoms. The van der Waals surface area contributed by atoms with Crippen molar-refractivity contribution in [3.05, 3.63) is 21.9 Å². The van der Waals surface area contributed by atoms with Crippen LogP contribution in [0.4, 0.5) is 0 Å². The Kier molecular flexibility index (Phi) is 2.89. The Balaban J connectivity index is 2.82. The molecule has 0 fully saturated rings. The summed E-state index contributed by atoms with van der Waals surface area (Å²) >= 11 is 6.76. The van der Waals surface area contributed by atoms with Gasteiger partial charge in [0.1, 0.15) is 12.2 Å². The smallest absolute Gasteiger partial charge is 0.102 e. The van der Waals surface area contributed by atoms with E-state index >= 15 is 0 Å². The van der Waals surface area contributed by atoms with Crippen molar-refractivity contribution in [3.63, 3.8) is 0 Å². The average Bonchev–Trinajstić information content (AvgIpc) is 2.50. The SMILES string of the molecule is N#Cc1csc(C(O)CCl)c1. The first-order valence-electron chi connectivity index (χ1n) is 3.00. The first-order chi connectivity index (χ1) is 5.27. The quantitative estimate of drug-likeness (QED) is 0.719. The fraction of sp³-hybridized carbons (Fsp3) is 0.286. The highest BCUT2D eigenvalue weighted by Gasteiger charge is 2.07. The molecule has 1 rings (SSSR count). The fourth-order valence-corrected chi connectivity index (χ4v) is 1.74. The molecular weight excluding hydrogens is 182 g/mol. The second kappa shape index (κ2) is 3.72. The first-order valence-corrected chi connectivity index (χ1v) is 4.42. The summed E-state index contributed by atoms with van der Waals surface area (Å²) in [6.45, 7) is 0. The van der Waals surface area contributed by atoms with E-state index < -0.39 is 6.10 Å². The van der Waals surface area contributed by atoms with Crippen LogP contribution in [0.1, 0.15) is 16.5 Å². The molecule has 0 aliphatic rings. The maximum atomic E-state index is 9.21. The van der Waals surface area contributed by atoms with Gasteiger partial charge in [0.25, 0.3) is 0 Å². The summed E-state index contributed by atoms with van der Waals surface area (Å²) in [6.07, 6.45) is -0.635. The third-order valence-electron chi connectivity index (χ3n) is 1.22. The molecule has 0 spiro atoms. The lowest BCUT2D eigenvalue weighted by atomic mass is 10.3. The number of alkyl halides is 1. The number of hydrogen-bond acceptors (Lipinski definition) is 3. The number of rotatable bonds is 2. The van der Waals surface area contributed by atoms with E-state index in [1.807, 2.05) is 6.07 Å². The maximum absolute atomic E-state index is 9.21. The summed E-state index contributed by atoms with van der Waals surface area (Å²) in [5.41, 5.74) is 0.578. The summed E-state index contributed by atoms with van der Waals surface area (Å²) in [4.78, 5) is 0.747. The van der Waals surface area contributed by atoms with Crippen molar-refractivity contribution in [1.29, 1.82) is 5.26 Å². The molecule has 0 saturated carbocycles. The third-order valence-corrected chi connectivity index (χ3v) is 2.55. The number of hydrogen-bond donors (Lipinski definition) is 1. The highest BCUT2D eigenvalue weighted by Crippen LogP contribution is 2.22. The number of nitrogens with zero attached hydrogens (tertiary/aromatic N) is 1. The minimum atomic E-state index is -0.635. The standard InChI is InChI=1S/C7H6ClNOS/c8-2-6(10)7-1-5(3-9)4-11-7/h1,4,6,10H,2H2. The lowest BCUT2D eigenvalue weighted by Crippen LogP contribution is -1.94. The highest BCUT2D eigenvalue weighted by molar-refractivity contribution is 7.10. The summed E-state index contributed by atoms with van der Waals surface area (Å²) in [5.74, 6) is 0.172. The molecule has 0 aliphatic heterocycles. The Morgan fingerprint density at radius 3 is 3.00 bits per heavy atom. The molecular formula is C7H6ClNOS. The molecule has 0 amide bonds. The predicted octanol–water partition coefficient (Wildman–Crippen LogP) is 1.89. The van der Waals surface area contributed by atoms with Crippen molar-refractivity contribution in [2.24, 2.45) is 0 Å². The number of halogens is 1. The van der Waals surface area contributed by atoms with Gasteiger partial charge >= 0.3 is 0 Å². The van der Waals surface area contributed by atoms with E-state index in [0.29, 0.717) is 5.56 Å². The maximum Gasteiger partial charge on any atom is 0.102 e. The molecule has 1 aromatic rings. The average molecular weight is 188 g/mol. The van der Waals surface area contributed by atoms with Crippen LogP contribution < -0.4 is 0 Å². The van der Waals surface area contributed by atoms with Gasteiger partial charge in [-0.1, -0.05) is 0 Å². The van der Waals surface area contributed by atoms with E-state index in [9.17, 15) is 5.11 Å². The van der Waals surface area contributed by atoms with E-state index in [4.69, 9.17) is 16.9 Å². The first kappa shape index (κ1) is 8.54. The van der Waals surface area contributed by atoms with Crippen molar-refractivity contribution >= 4 is 22.9 Å². The van der Waals surface area contributed by atoms with Crippen LogP contribution in [0, 0.1) is 11.3 Å². The Bertz CT molecular complexity index is 278. The zero-order valence-corrected chi connectivity index (χ0v) is 7.19. The van der Waals surface area contributed by atoms with Gasteiger partial charge < -0.3 is 5.11 Å². The van der Waals surface area contributed by atoms with Gasteiger partial charge in [0.2, 0.25) is 0 Å². The van der Waals surface area contributed by atoms with E-state index in [2.05, 4.69) is 0 Å². The number of thiophene rings is 1. The zero-order chi connectivity index (χ0) is 8.27. The van der Waals surface area contributed by atoms with Crippen molar-refractivity contribution in [1.82, 2.24) is 0 Å². The Labute approximate surface area is 73.7 Å². The molecule has 0 radical (unpaired) electrons. The molecule has 1 aromatic heterocycles. The largest absolute Gasteiger partial charge is 0.386 e. The molecule has 2 nitrogen and oxygen atoms in total. The fourth-order valence-electron chi connectivity index (χ4n) is 0.662. The summed E-state index contributed by atoms with van der Waals surface area (Å²) in [6, 6.07) is 3.63. The van der Waals surface area contributed by atoms with Crippen LogP contribution in [-0.4, -0.2) is 11.0 Å².